The van der Waals surface area contributed by atoms with Gasteiger partial charge in [0.1, 0.15) is 5.03 Å². The Morgan fingerprint density at radius 1 is 1.17 bits per heavy atom. The molecule has 0 unspecified atom stereocenters. The summed E-state index contributed by atoms with van der Waals surface area (Å²) in [6, 6.07) is 14.6. The zero-order valence-electron chi connectivity index (χ0n) is 14.9. The molecule has 0 saturated carbocycles. The van der Waals surface area contributed by atoms with Crippen molar-refractivity contribution in [2.24, 2.45) is 12.2 Å². The number of oxime groups is 1. The summed E-state index contributed by atoms with van der Waals surface area (Å²) in [5, 5.41) is 7.71. The Kier molecular flexibility index (Phi) is 6.29. The third kappa shape index (κ3) is 5.18. The molecule has 0 aliphatic rings. The first-order valence-corrected chi connectivity index (χ1v) is 9.32. The van der Waals surface area contributed by atoms with Crippen molar-refractivity contribution in [3.8, 4) is 0 Å². The predicted octanol–water partition coefficient (Wildman–Crippen LogP) is 5.43. The Morgan fingerprint density at radius 2 is 1.83 bits per heavy atom. The van der Waals surface area contributed by atoms with Gasteiger partial charge in [-0.15, -0.1) is 0 Å². The highest BCUT2D eigenvalue weighted by Crippen LogP contribution is 2.37. The monoisotopic (exact) mass is 439 g/mol. The van der Waals surface area contributed by atoms with Gasteiger partial charge >= 0.3 is 12.1 Å². The predicted molar refractivity (Wildman–Crippen MR) is 103 cm³/mol. The van der Waals surface area contributed by atoms with Crippen molar-refractivity contribution >= 4 is 35.5 Å². The molecule has 0 amide bonds. The van der Waals surface area contributed by atoms with Crippen LogP contribution in [-0.2, 0) is 18.1 Å². The van der Waals surface area contributed by atoms with Gasteiger partial charge < -0.3 is 4.84 Å². The van der Waals surface area contributed by atoms with Gasteiger partial charge in [-0.2, -0.15) is 18.3 Å². The molecule has 0 aliphatic heterocycles. The van der Waals surface area contributed by atoms with E-state index in [1.807, 2.05) is 0 Å². The minimum absolute atomic E-state index is 0.180. The number of aromatic nitrogens is 2. The number of rotatable bonds is 5. The Morgan fingerprint density at radius 3 is 2.45 bits per heavy atom. The van der Waals surface area contributed by atoms with Crippen LogP contribution in [0.15, 0.2) is 69.7 Å². The van der Waals surface area contributed by atoms with E-state index in [1.54, 1.807) is 42.5 Å². The molecule has 10 heteroatoms. The maximum absolute atomic E-state index is 13.4. The quantitative estimate of drug-likeness (QED) is 0.302. The van der Waals surface area contributed by atoms with E-state index in [2.05, 4.69) is 10.3 Å². The molecule has 0 N–H and O–H groups in total. The van der Waals surface area contributed by atoms with Crippen LogP contribution < -0.4 is 0 Å². The normalized spacial score (nSPS) is 11.8. The van der Waals surface area contributed by atoms with Crippen LogP contribution in [0.2, 0.25) is 5.02 Å². The SMILES string of the molecule is Cn1nc(C(F)(F)F)c(/C=N/OC(=O)c2ccccc2)c1Sc1ccc(Cl)cc1. The second kappa shape index (κ2) is 8.71. The number of hydrogen-bond acceptors (Lipinski definition) is 5. The Balaban J connectivity index is 1.90. The number of halogens is 4. The van der Waals surface area contributed by atoms with Gasteiger partial charge in [-0.25, -0.2) is 4.79 Å². The molecule has 1 heterocycles. The summed E-state index contributed by atoms with van der Waals surface area (Å²) in [5.74, 6) is -0.786. The summed E-state index contributed by atoms with van der Waals surface area (Å²) in [7, 11) is 1.39. The molecule has 3 rings (SSSR count). The van der Waals surface area contributed by atoms with E-state index in [0.717, 1.165) is 22.7 Å². The highest BCUT2D eigenvalue weighted by Gasteiger charge is 2.38. The highest BCUT2D eigenvalue weighted by molar-refractivity contribution is 7.99. The molecule has 1 aromatic heterocycles. The zero-order chi connectivity index (χ0) is 21.0. The van der Waals surface area contributed by atoms with Crippen LogP contribution in [0.1, 0.15) is 21.6 Å². The maximum Gasteiger partial charge on any atom is 0.435 e. The first-order chi connectivity index (χ1) is 13.8. The second-order valence-electron chi connectivity index (χ2n) is 5.72. The molecular weight excluding hydrogens is 427 g/mol. The van der Waals surface area contributed by atoms with Crippen LogP contribution in [0.5, 0.6) is 0 Å². The van der Waals surface area contributed by atoms with Crippen molar-refractivity contribution in [2.75, 3.05) is 0 Å². The molecule has 0 saturated heterocycles. The standard InChI is InChI=1S/C19H13ClF3N3O2S/c1-26-17(29-14-9-7-13(20)8-10-14)15(16(25-26)19(21,22)23)11-24-28-18(27)12-5-3-2-4-6-12/h2-11H,1H3/b24-11+. The molecule has 2 aromatic carbocycles. The van der Waals surface area contributed by atoms with E-state index in [0.29, 0.717) is 9.92 Å². The van der Waals surface area contributed by atoms with Crippen molar-refractivity contribution in [1.29, 1.82) is 0 Å². The van der Waals surface area contributed by atoms with Crippen LogP contribution in [-0.4, -0.2) is 22.0 Å². The van der Waals surface area contributed by atoms with Gasteiger partial charge in [0, 0.05) is 17.0 Å². The van der Waals surface area contributed by atoms with E-state index in [1.165, 1.54) is 19.2 Å². The molecule has 0 atom stereocenters. The Bertz CT molecular complexity index is 1040. The average molecular weight is 440 g/mol. The number of alkyl halides is 3. The fourth-order valence-electron chi connectivity index (χ4n) is 2.34. The number of nitrogens with zero attached hydrogens (tertiary/aromatic N) is 3. The van der Waals surface area contributed by atoms with Crippen molar-refractivity contribution < 1.29 is 22.8 Å². The first kappa shape index (κ1) is 20.9. The number of hydrogen-bond donors (Lipinski definition) is 0. The third-order valence-corrected chi connectivity index (χ3v) is 5.09. The van der Waals surface area contributed by atoms with Crippen LogP contribution in [0.4, 0.5) is 13.2 Å². The maximum atomic E-state index is 13.4. The van der Waals surface area contributed by atoms with Gasteiger partial charge in [0.05, 0.1) is 17.3 Å². The van der Waals surface area contributed by atoms with Crippen molar-refractivity contribution in [1.82, 2.24) is 9.78 Å². The molecule has 0 fully saturated rings. The second-order valence-corrected chi connectivity index (χ2v) is 7.22. The van der Waals surface area contributed by atoms with Crippen LogP contribution >= 0.6 is 23.4 Å². The molecule has 3 aromatic rings. The van der Waals surface area contributed by atoms with Gasteiger partial charge in [-0.1, -0.05) is 46.7 Å². The van der Waals surface area contributed by atoms with E-state index in [9.17, 15) is 18.0 Å². The van der Waals surface area contributed by atoms with E-state index in [-0.39, 0.29) is 16.2 Å². The summed E-state index contributed by atoms with van der Waals surface area (Å²) in [6.07, 6.45) is -3.86. The molecule has 0 aliphatic carbocycles. The van der Waals surface area contributed by atoms with E-state index >= 15 is 0 Å². The van der Waals surface area contributed by atoms with Crippen LogP contribution in [0.3, 0.4) is 0 Å². The molecule has 0 radical (unpaired) electrons. The van der Waals surface area contributed by atoms with Gasteiger partial charge in [0.2, 0.25) is 0 Å². The van der Waals surface area contributed by atoms with E-state index in [4.69, 9.17) is 16.4 Å². The topological polar surface area (TPSA) is 56.5 Å². The third-order valence-electron chi connectivity index (χ3n) is 3.65. The Labute approximate surface area is 173 Å². The average Bonchev–Trinajstić information content (AvgIpc) is 3.00. The summed E-state index contributed by atoms with van der Waals surface area (Å²) in [4.78, 5) is 17.3. The molecule has 150 valence electrons. The summed E-state index contributed by atoms with van der Waals surface area (Å²) in [5.41, 5.74) is -1.21. The lowest BCUT2D eigenvalue weighted by Gasteiger charge is -2.05. The highest BCUT2D eigenvalue weighted by atomic mass is 35.5. The van der Waals surface area contributed by atoms with Gasteiger partial charge in [0.25, 0.3) is 0 Å². The van der Waals surface area contributed by atoms with Crippen molar-refractivity contribution in [3.05, 3.63) is 76.4 Å². The molecular formula is C19H13ClF3N3O2S. The summed E-state index contributed by atoms with van der Waals surface area (Å²) >= 11 is 6.90. The largest absolute Gasteiger partial charge is 0.435 e. The number of carbonyl (C=O) groups is 1. The number of aryl methyl sites for hydroxylation is 1. The smallest absolute Gasteiger partial charge is 0.313 e. The van der Waals surface area contributed by atoms with Crippen molar-refractivity contribution in [3.63, 3.8) is 0 Å². The molecule has 0 spiro atoms. The molecule has 0 bridgehead atoms. The van der Waals surface area contributed by atoms with E-state index < -0.39 is 17.8 Å². The minimum Gasteiger partial charge on any atom is -0.313 e. The summed E-state index contributed by atoms with van der Waals surface area (Å²) in [6.45, 7) is 0. The lowest BCUT2D eigenvalue weighted by atomic mass is 10.2. The van der Waals surface area contributed by atoms with Gasteiger partial charge in [0.15, 0.2) is 5.69 Å². The first-order valence-electron chi connectivity index (χ1n) is 8.13. The fraction of sp³-hybridized carbons (Fsp3) is 0.105. The zero-order valence-corrected chi connectivity index (χ0v) is 16.4. The molecule has 29 heavy (non-hydrogen) atoms. The minimum atomic E-state index is -4.71. The Hall–Kier alpha value is -2.78. The van der Waals surface area contributed by atoms with Gasteiger partial charge in [-0.3, -0.25) is 4.68 Å². The van der Waals surface area contributed by atoms with Crippen LogP contribution in [0, 0.1) is 0 Å². The number of carbonyl (C=O) groups excluding carboxylic acids is 1. The fourth-order valence-corrected chi connectivity index (χ4v) is 3.39. The lowest BCUT2D eigenvalue weighted by molar-refractivity contribution is -0.141. The lowest BCUT2D eigenvalue weighted by Crippen LogP contribution is -2.09. The van der Waals surface area contributed by atoms with Gasteiger partial charge in [-0.05, 0) is 36.4 Å². The van der Waals surface area contributed by atoms with Crippen molar-refractivity contribution in [2.45, 2.75) is 16.1 Å². The number of benzene rings is 2. The molecule has 5 nitrogen and oxygen atoms in total. The summed E-state index contributed by atoms with van der Waals surface area (Å²) < 4.78 is 41.3. The van der Waals surface area contributed by atoms with Crippen LogP contribution in [0.25, 0.3) is 0 Å².